The molecular formula is C21H27N3O4. The monoisotopic (exact) mass is 385 g/mol. The van der Waals surface area contributed by atoms with Gasteiger partial charge in [0.1, 0.15) is 0 Å². The van der Waals surface area contributed by atoms with E-state index in [1.807, 2.05) is 26.2 Å². The Hall–Kier alpha value is -2.67. The van der Waals surface area contributed by atoms with Gasteiger partial charge in [-0.25, -0.2) is 0 Å². The Morgan fingerprint density at radius 1 is 1.21 bits per heavy atom. The molecule has 7 nitrogen and oxygen atoms in total. The van der Waals surface area contributed by atoms with Gasteiger partial charge in [-0.05, 0) is 45.3 Å². The summed E-state index contributed by atoms with van der Waals surface area (Å²) in [6, 6.07) is 10.7. The first kappa shape index (κ1) is 20.1. The van der Waals surface area contributed by atoms with Gasteiger partial charge in [0.15, 0.2) is 6.10 Å². The van der Waals surface area contributed by atoms with Crippen molar-refractivity contribution in [2.24, 2.45) is 0 Å². The lowest BCUT2D eigenvalue weighted by atomic mass is 9.89. The molecule has 3 unspecified atom stereocenters. The van der Waals surface area contributed by atoms with Crippen LogP contribution in [0, 0.1) is 10.1 Å². The van der Waals surface area contributed by atoms with Gasteiger partial charge in [0.25, 0.3) is 5.91 Å². The van der Waals surface area contributed by atoms with Crippen molar-refractivity contribution in [1.29, 1.82) is 0 Å². The van der Waals surface area contributed by atoms with Gasteiger partial charge in [0.05, 0.1) is 4.92 Å². The Morgan fingerprint density at radius 2 is 1.93 bits per heavy atom. The summed E-state index contributed by atoms with van der Waals surface area (Å²) in [4.78, 5) is 25.9. The van der Waals surface area contributed by atoms with Crippen molar-refractivity contribution in [3.8, 4) is 5.75 Å². The Morgan fingerprint density at radius 3 is 2.64 bits per heavy atom. The number of likely N-dealkylation sites (N-methyl/N-ethyl adjacent to an activating group) is 1. The van der Waals surface area contributed by atoms with Gasteiger partial charge in [-0.2, -0.15) is 0 Å². The Kier molecular flexibility index (Phi) is 6.14. The molecule has 0 aliphatic heterocycles. The summed E-state index contributed by atoms with van der Waals surface area (Å²) < 4.78 is 5.85. The normalized spacial score (nSPS) is 20.7. The highest BCUT2D eigenvalue weighted by Crippen LogP contribution is 2.36. The molecule has 3 rings (SSSR count). The molecule has 0 aromatic heterocycles. The van der Waals surface area contributed by atoms with E-state index in [0.717, 1.165) is 31.1 Å². The van der Waals surface area contributed by atoms with E-state index in [9.17, 15) is 14.9 Å². The molecule has 0 bridgehead atoms. The van der Waals surface area contributed by atoms with Crippen molar-refractivity contribution < 1.29 is 14.5 Å². The minimum Gasteiger partial charge on any atom is -0.473 e. The first-order valence-electron chi connectivity index (χ1n) is 9.68. The number of ether oxygens (including phenoxy) is 1. The zero-order valence-corrected chi connectivity index (χ0v) is 16.6. The van der Waals surface area contributed by atoms with Gasteiger partial charge in [-0.3, -0.25) is 14.9 Å². The van der Waals surface area contributed by atoms with Crippen LogP contribution in [-0.4, -0.2) is 48.0 Å². The summed E-state index contributed by atoms with van der Waals surface area (Å²) >= 11 is 0. The van der Waals surface area contributed by atoms with Crippen molar-refractivity contribution in [3.05, 3.63) is 46.5 Å². The molecule has 0 radical (unpaired) electrons. The molecule has 1 amide bonds. The summed E-state index contributed by atoms with van der Waals surface area (Å²) in [7, 11) is 4.04. The Labute approximate surface area is 164 Å². The highest BCUT2D eigenvalue weighted by atomic mass is 16.6. The molecule has 1 fully saturated rings. The van der Waals surface area contributed by atoms with E-state index in [-0.39, 0.29) is 29.4 Å². The molecule has 3 atom stereocenters. The molecule has 2 aromatic rings. The van der Waals surface area contributed by atoms with Crippen LogP contribution in [0.25, 0.3) is 10.8 Å². The molecule has 28 heavy (non-hydrogen) atoms. The maximum Gasteiger partial charge on any atom is 0.311 e. The van der Waals surface area contributed by atoms with E-state index in [1.165, 1.54) is 6.07 Å². The van der Waals surface area contributed by atoms with E-state index >= 15 is 0 Å². The molecule has 2 aromatic carbocycles. The van der Waals surface area contributed by atoms with Crippen molar-refractivity contribution in [2.75, 3.05) is 14.1 Å². The maximum atomic E-state index is 12.8. The molecule has 0 saturated heterocycles. The average molecular weight is 385 g/mol. The zero-order valence-electron chi connectivity index (χ0n) is 16.6. The lowest BCUT2D eigenvalue weighted by Gasteiger charge is -2.37. The van der Waals surface area contributed by atoms with Crippen LogP contribution in [0.5, 0.6) is 5.75 Å². The van der Waals surface area contributed by atoms with Crippen molar-refractivity contribution in [2.45, 2.75) is 50.8 Å². The lowest BCUT2D eigenvalue weighted by Crippen LogP contribution is -2.53. The molecule has 1 N–H and O–H groups in total. The van der Waals surface area contributed by atoms with Crippen LogP contribution in [0.1, 0.15) is 32.6 Å². The van der Waals surface area contributed by atoms with Crippen LogP contribution in [-0.2, 0) is 4.79 Å². The predicted molar refractivity (Wildman–Crippen MR) is 109 cm³/mol. The molecule has 150 valence electrons. The molecular weight excluding hydrogens is 358 g/mol. The Bertz CT molecular complexity index is 868. The first-order chi connectivity index (χ1) is 13.4. The highest BCUT2D eigenvalue weighted by molar-refractivity contribution is 5.92. The van der Waals surface area contributed by atoms with Crippen LogP contribution in [0.3, 0.4) is 0 Å². The van der Waals surface area contributed by atoms with Gasteiger partial charge >= 0.3 is 5.69 Å². The van der Waals surface area contributed by atoms with Crippen LogP contribution in [0.4, 0.5) is 5.69 Å². The van der Waals surface area contributed by atoms with Gasteiger partial charge < -0.3 is 15.0 Å². The van der Waals surface area contributed by atoms with E-state index in [2.05, 4.69) is 10.2 Å². The van der Waals surface area contributed by atoms with Crippen molar-refractivity contribution >= 4 is 22.4 Å². The third-order valence-corrected chi connectivity index (χ3v) is 5.44. The summed E-state index contributed by atoms with van der Waals surface area (Å²) in [6.07, 6.45) is 3.37. The fourth-order valence-corrected chi connectivity index (χ4v) is 3.93. The number of hydrogen-bond donors (Lipinski definition) is 1. The highest BCUT2D eigenvalue weighted by Gasteiger charge is 2.30. The van der Waals surface area contributed by atoms with E-state index < -0.39 is 11.0 Å². The number of rotatable bonds is 6. The van der Waals surface area contributed by atoms with E-state index in [0.29, 0.717) is 5.39 Å². The molecule has 1 saturated carbocycles. The number of amides is 1. The molecule has 1 aliphatic carbocycles. The zero-order chi connectivity index (χ0) is 20.3. The number of nitro groups is 1. The summed E-state index contributed by atoms with van der Waals surface area (Å²) in [6.45, 7) is 1.63. The molecule has 1 aliphatic rings. The summed E-state index contributed by atoms with van der Waals surface area (Å²) in [5, 5.41) is 16.0. The number of nitrogens with zero attached hydrogens (tertiary/aromatic N) is 2. The quantitative estimate of drug-likeness (QED) is 0.608. The smallest absolute Gasteiger partial charge is 0.311 e. The number of nitro benzene ring substituents is 1. The number of fused-ring (bicyclic) bond motifs is 1. The fourth-order valence-electron chi connectivity index (χ4n) is 3.93. The average Bonchev–Trinajstić information content (AvgIpc) is 2.68. The number of benzene rings is 2. The fraction of sp³-hybridized carbons (Fsp3) is 0.476. The van der Waals surface area contributed by atoms with Gasteiger partial charge in [-0.15, -0.1) is 0 Å². The second-order valence-electron chi connectivity index (χ2n) is 7.58. The number of carbonyl (C=O) groups is 1. The topological polar surface area (TPSA) is 84.7 Å². The van der Waals surface area contributed by atoms with Crippen LogP contribution in [0.2, 0.25) is 0 Å². The Balaban J connectivity index is 1.80. The number of hydrogen-bond acceptors (Lipinski definition) is 5. The summed E-state index contributed by atoms with van der Waals surface area (Å²) in [5.74, 6) is -0.112. The standard InChI is InChI=1S/C21H27N3O4/c1-14(21(25)22-17-10-6-7-11-18(17)23(2)3)28-20-16-9-5-4-8-15(16)12-13-19(20)24(26)27/h4-5,8-9,12-14,17-18H,6-7,10-11H2,1-3H3,(H,22,25). The lowest BCUT2D eigenvalue weighted by molar-refractivity contribution is -0.385. The number of nitrogens with one attached hydrogen (secondary N) is 1. The molecule has 0 spiro atoms. The largest absolute Gasteiger partial charge is 0.473 e. The molecule has 0 heterocycles. The minimum absolute atomic E-state index is 0.0600. The van der Waals surface area contributed by atoms with Crippen LogP contribution < -0.4 is 10.1 Å². The van der Waals surface area contributed by atoms with Crippen LogP contribution in [0.15, 0.2) is 36.4 Å². The van der Waals surface area contributed by atoms with E-state index in [4.69, 9.17) is 4.74 Å². The summed E-state index contributed by atoms with van der Waals surface area (Å²) in [5.41, 5.74) is -0.137. The van der Waals surface area contributed by atoms with Gasteiger partial charge in [0, 0.05) is 23.5 Å². The van der Waals surface area contributed by atoms with Gasteiger partial charge in [0.2, 0.25) is 5.75 Å². The SMILES string of the molecule is CC(Oc1c([N+](=O)[O-])ccc2ccccc12)C(=O)NC1CCCCC1N(C)C. The van der Waals surface area contributed by atoms with Crippen molar-refractivity contribution in [3.63, 3.8) is 0 Å². The van der Waals surface area contributed by atoms with E-state index in [1.54, 1.807) is 25.1 Å². The second kappa shape index (κ2) is 8.56. The molecule has 7 heteroatoms. The number of carbonyl (C=O) groups excluding carboxylic acids is 1. The minimum atomic E-state index is -0.839. The van der Waals surface area contributed by atoms with Gasteiger partial charge in [-0.1, -0.05) is 37.1 Å². The third-order valence-electron chi connectivity index (χ3n) is 5.44. The van der Waals surface area contributed by atoms with Crippen LogP contribution >= 0.6 is 0 Å². The third kappa shape index (κ3) is 4.25. The first-order valence-corrected chi connectivity index (χ1v) is 9.68. The predicted octanol–water partition coefficient (Wildman–Crippen LogP) is 3.50. The maximum absolute atomic E-state index is 12.8. The second-order valence-corrected chi connectivity index (χ2v) is 7.58. The van der Waals surface area contributed by atoms with Crippen molar-refractivity contribution in [1.82, 2.24) is 10.2 Å².